The van der Waals surface area contributed by atoms with Gasteiger partial charge in [-0.15, -0.1) is 0 Å². The Bertz CT molecular complexity index is 626. The van der Waals surface area contributed by atoms with Crippen molar-refractivity contribution in [2.45, 2.75) is 20.4 Å². The number of benzene rings is 1. The highest BCUT2D eigenvalue weighted by molar-refractivity contribution is 5.93. The third-order valence-corrected chi connectivity index (χ3v) is 3.34. The van der Waals surface area contributed by atoms with E-state index in [1.165, 1.54) is 18.5 Å². The minimum Gasteiger partial charge on any atom is -0.348 e. The molecule has 0 bridgehead atoms. The quantitative estimate of drug-likeness (QED) is 0.890. The summed E-state index contributed by atoms with van der Waals surface area (Å²) in [6, 6.07) is 6.34. The van der Waals surface area contributed by atoms with Crippen LogP contribution in [0.4, 0.5) is 10.3 Å². The first-order chi connectivity index (χ1) is 10.7. The predicted molar refractivity (Wildman–Crippen MR) is 83.2 cm³/mol. The van der Waals surface area contributed by atoms with Gasteiger partial charge in [-0.1, -0.05) is 18.2 Å². The zero-order valence-corrected chi connectivity index (χ0v) is 12.7. The van der Waals surface area contributed by atoms with Crippen molar-refractivity contribution in [3.8, 4) is 0 Å². The lowest BCUT2D eigenvalue weighted by Gasteiger charge is -2.18. The Kier molecular flexibility index (Phi) is 5.41. The molecule has 1 N–H and O–H groups in total. The van der Waals surface area contributed by atoms with Crippen LogP contribution in [0.1, 0.15) is 29.8 Å². The van der Waals surface area contributed by atoms with Gasteiger partial charge < -0.3 is 10.2 Å². The molecule has 2 rings (SSSR count). The number of rotatable bonds is 6. The van der Waals surface area contributed by atoms with Crippen LogP contribution in [-0.2, 0) is 6.54 Å². The Labute approximate surface area is 129 Å². The Morgan fingerprint density at radius 1 is 1.18 bits per heavy atom. The van der Waals surface area contributed by atoms with Gasteiger partial charge in [-0.05, 0) is 19.9 Å². The second-order valence-electron chi connectivity index (χ2n) is 4.72. The van der Waals surface area contributed by atoms with Gasteiger partial charge in [0.15, 0.2) is 0 Å². The number of aromatic nitrogens is 2. The first kappa shape index (κ1) is 15.9. The van der Waals surface area contributed by atoms with E-state index in [4.69, 9.17) is 0 Å². The number of anilines is 1. The van der Waals surface area contributed by atoms with Gasteiger partial charge in [-0.3, -0.25) is 4.79 Å². The van der Waals surface area contributed by atoms with E-state index in [1.807, 2.05) is 18.7 Å². The van der Waals surface area contributed by atoms with E-state index in [9.17, 15) is 9.18 Å². The maximum atomic E-state index is 13.5. The lowest BCUT2D eigenvalue weighted by molar-refractivity contribution is 0.0950. The predicted octanol–water partition coefficient (Wildman–Crippen LogP) is 2.39. The zero-order chi connectivity index (χ0) is 15.9. The van der Waals surface area contributed by atoms with Crippen LogP contribution in [0.3, 0.4) is 0 Å². The van der Waals surface area contributed by atoms with Crippen LogP contribution in [-0.4, -0.2) is 29.0 Å². The molecule has 0 spiro atoms. The molecule has 0 aliphatic rings. The fourth-order valence-corrected chi connectivity index (χ4v) is 2.03. The lowest BCUT2D eigenvalue weighted by Crippen LogP contribution is -2.26. The molecule has 0 saturated heterocycles. The first-order valence-corrected chi connectivity index (χ1v) is 7.24. The maximum absolute atomic E-state index is 13.5. The van der Waals surface area contributed by atoms with Gasteiger partial charge in [0.2, 0.25) is 5.95 Å². The maximum Gasteiger partial charge on any atom is 0.254 e. The summed E-state index contributed by atoms with van der Waals surface area (Å²) < 4.78 is 13.5. The lowest BCUT2D eigenvalue weighted by atomic mass is 10.2. The molecular formula is C16H19FN4O. The summed E-state index contributed by atoms with van der Waals surface area (Å²) in [6.45, 7) is 5.76. The van der Waals surface area contributed by atoms with E-state index < -0.39 is 0 Å². The van der Waals surface area contributed by atoms with Crippen LogP contribution in [0.5, 0.6) is 0 Å². The average Bonchev–Trinajstić information content (AvgIpc) is 2.55. The van der Waals surface area contributed by atoms with Gasteiger partial charge in [-0.25, -0.2) is 14.4 Å². The average molecular weight is 302 g/mol. The van der Waals surface area contributed by atoms with Crippen LogP contribution in [0.2, 0.25) is 0 Å². The third kappa shape index (κ3) is 3.78. The highest BCUT2D eigenvalue weighted by Gasteiger charge is 2.10. The van der Waals surface area contributed by atoms with E-state index in [0.717, 1.165) is 13.1 Å². The van der Waals surface area contributed by atoms with E-state index in [0.29, 0.717) is 17.1 Å². The Balaban J connectivity index is 2.00. The second-order valence-corrected chi connectivity index (χ2v) is 4.72. The first-order valence-electron chi connectivity index (χ1n) is 7.24. The molecule has 0 radical (unpaired) electrons. The molecule has 0 aliphatic heterocycles. The van der Waals surface area contributed by atoms with Crippen LogP contribution >= 0.6 is 0 Å². The Morgan fingerprint density at radius 3 is 2.41 bits per heavy atom. The minimum absolute atomic E-state index is 0.128. The summed E-state index contributed by atoms with van der Waals surface area (Å²) in [5, 5.41) is 2.66. The van der Waals surface area contributed by atoms with Crippen molar-refractivity contribution in [2.75, 3.05) is 18.0 Å². The smallest absolute Gasteiger partial charge is 0.254 e. The molecule has 0 atom stereocenters. The van der Waals surface area contributed by atoms with Gasteiger partial charge in [0.25, 0.3) is 5.91 Å². The fraction of sp³-hybridized carbons (Fsp3) is 0.312. The molecule has 1 aromatic carbocycles. The van der Waals surface area contributed by atoms with Gasteiger partial charge in [-0.2, -0.15) is 0 Å². The molecule has 22 heavy (non-hydrogen) atoms. The summed E-state index contributed by atoms with van der Waals surface area (Å²) in [5.41, 5.74) is 0.795. The van der Waals surface area contributed by atoms with Crippen LogP contribution < -0.4 is 10.2 Å². The van der Waals surface area contributed by atoms with Crippen molar-refractivity contribution >= 4 is 11.9 Å². The van der Waals surface area contributed by atoms with Gasteiger partial charge in [0.05, 0.1) is 5.56 Å². The monoisotopic (exact) mass is 302 g/mol. The van der Waals surface area contributed by atoms with Crippen molar-refractivity contribution in [1.29, 1.82) is 0 Å². The zero-order valence-electron chi connectivity index (χ0n) is 12.7. The van der Waals surface area contributed by atoms with Gasteiger partial charge >= 0.3 is 0 Å². The standard InChI is InChI=1S/C16H19FN4O/c1-3-21(4-2)16-19-10-13(11-20-16)15(22)18-9-12-7-5-6-8-14(12)17/h5-8,10-11H,3-4,9H2,1-2H3,(H,18,22). The minimum atomic E-state index is -0.337. The number of nitrogens with zero attached hydrogens (tertiary/aromatic N) is 3. The molecule has 0 unspecified atom stereocenters. The van der Waals surface area contributed by atoms with Crippen LogP contribution in [0.25, 0.3) is 0 Å². The van der Waals surface area contributed by atoms with Crippen molar-refractivity contribution in [3.05, 3.63) is 53.6 Å². The number of carbonyl (C=O) groups excluding carboxylic acids is 1. The summed E-state index contributed by atoms with van der Waals surface area (Å²) in [7, 11) is 0. The molecule has 1 aromatic heterocycles. The van der Waals surface area contributed by atoms with E-state index in [-0.39, 0.29) is 18.3 Å². The molecule has 5 nitrogen and oxygen atoms in total. The Morgan fingerprint density at radius 2 is 1.82 bits per heavy atom. The third-order valence-electron chi connectivity index (χ3n) is 3.34. The number of hydrogen-bond acceptors (Lipinski definition) is 4. The molecule has 0 fully saturated rings. The molecule has 116 valence electrons. The fourth-order valence-electron chi connectivity index (χ4n) is 2.03. The molecule has 1 amide bonds. The Hall–Kier alpha value is -2.50. The van der Waals surface area contributed by atoms with Gasteiger partial charge in [0, 0.05) is 37.6 Å². The van der Waals surface area contributed by atoms with Crippen molar-refractivity contribution in [1.82, 2.24) is 15.3 Å². The molecular weight excluding hydrogens is 283 g/mol. The molecule has 6 heteroatoms. The summed E-state index contributed by atoms with van der Waals surface area (Å²) in [5.74, 6) is -0.0686. The van der Waals surface area contributed by atoms with E-state index in [1.54, 1.807) is 18.2 Å². The van der Waals surface area contributed by atoms with Crippen LogP contribution in [0, 0.1) is 5.82 Å². The van der Waals surface area contributed by atoms with Crippen LogP contribution in [0.15, 0.2) is 36.7 Å². The highest BCUT2D eigenvalue weighted by atomic mass is 19.1. The topological polar surface area (TPSA) is 58.1 Å². The largest absolute Gasteiger partial charge is 0.348 e. The van der Waals surface area contributed by atoms with Crippen molar-refractivity contribution < 1.29 is 9.18 Å². The number of halogens is 1. The summed E-state index contributed by atoms with van der Waals surface area (Å²) in [6.07, 6.45) is 2.97. The number of amides is 1. The van der Waals surface area contributed by atoms with E-state index >= 15 is 0 Å². The number of nitrogens with one attached hydrogen (secondary N) is 1. The number of hydrogen-bond donors (Lipinski definition) is 1. The highest BCUT2D eigenvalue weighted by Crippen LogP contribution is 2.08. The SMILES string of the molecule is CCN(CC)c1ncc(C(=O)NCc2ccccc2F)cn1. The molecule has 1 heterocycles. The van der Waals surface area contributed by atoms with E-state index in [2.05, 4.69) is 15.3 Å². The van der Waals surface area contributed by atoms with Gasteiger partial charge in [0.1, 0.15) is 5.82 Å². The summed E-state index contributed by atoms with van der Waals surface area (Å²) >= 11 is 0. The summed E-state index contributed by atoms with van der Waals surface area (Å²) in [4.78, 5) is 22.4. The molecule has 0 aliphatic carbocycles. The number of carbonyl (C=O) groups is 1. The van der Waals surface area contributed by atoms with Crippen molar-refractivity contribution in [2.24, 2.45) is 0 Å². The normalized spacial score (nSPS) is 10.3. The molecule has 2 aromatic rings. The van der Waals surface area contributed by atoms with Crippen molar-refractivity contribution in [3.63, 3.8) is 0 Å². The molecule has 0 saturated carbocycles. The second kappa shape index (κ2) is 7.49.